The van der Waals surface area contributed by atoms with Crippen molar-refractivity contribution in [3.63, 3.8) is 0 Å². The number of carbonyl (C=O) groups excluding carboxylic acids is 1. The molecule has 0 aromatic heterocycles. The lowest BCUT2D eigenvalue weighted by Gasteiger charge is -1.99. The molecule has 1 aromatic rings. The minimum absolute atomic E-state index is 0.122. The molecular formula is C13H14O4. The minimum atomic E-state index is -0.810. The van der Waals surface area contributed by atoms with Crippen LogP contribution in [0.1, 0.15) is 28.8 Å². The van der Waals surface area contributed by atoms with Crippen molar-refractivity contribution in [1.29, 1.82) is 0 Å². The van der Waals surface area contributed by atoms with Crippen molar-refractivity contribution < 1.29 is 19.4 Å². The first-order chi connectivity index (χ1) is 8.13. The van der Waals surface area contributed by atoms with E-state index < -0.39 is 5.97 Å². The Labute approximate surface area is 99.5 Å². The van der Waals surface area contributed by atoms with Gasteiger partial charge in [0.25, 0.3) is 0 Å². The summed E-state index contributed by atoms with van der Waals surface area (Å²) in [5, 5.41) is 8.45. The zero-order chi connectivity index (χ0) is 12.7. The zero-order valence-electron chi connectivity index (χ0n) is 9.55. The van der Waals surface area contributed by atoms with E-state index in [2.05, 4.69) is 4.74 Å². The maximum absolute atomic E-state index is 11.2. The van der Waals surface area contributed by atoms with Gasteiger partial charge >= 0.3 is 11.9 Å². The van der Waals surface area contributed by atoms with Crippen LogP contribution in [0.3, 0.4) is 0 Å². The van der Waals surface area contributed by atoms with Crippen molar-refractivity contribution >= 4 is 18.0 Å². The van der Waals surface area contributed by atoms with E-state index in [-0.39, 0.29) is 12.4 Å². The van der Waals surface area contributed by atoms with Crippen LogP contribution in [0.4, 0.5) is 0 Å². The van der Waals surface area contributed by atoms with Crippen LogP contribution in [-0.4, -0.2) is 24.2 Å². The van der Waals surface area contributed by atoms with Gasteiger partial charge < -0.3 is 9.84 Å². The van der Waals surface area contributed by atoms with Crippen LogP contribution in [0.15, 0.2) is 30.3 Å². The lowest BCUT2D eigenvalue weighted by atomic mass is 10.1. The molecule has 1 aromatic carbocycles. The predicted octanol–water partition coefficient (Wildman–Crippen LogP) is 2.35. The van der Waals surface area contributed by atoms with Crippen LogP contribution in [0.5, 0.6) is 0 Å². The molecule has 0 radical (unpaired) electrons. The third-order valence-corrected chi connectivity index (χ3v) is 2.17. The largest absolute Gasteiger partial charge is 0.481 e. The van der Waals surface area contributed by atoms with Crippen molar-refractivity contribution in [2.75, 3.05) is 7.11 Å². The quantitative estimate of drug-likeness (QED) is 0.794. The molecule has 0 amide bonds. The van der Waals surface area contributed by atoms with Gasteiger partial charge in [-0.3, -0.25) is 4.79 Å². The Hall–Kier alpha value is -2.10. The van der Waals surface area contributed by atoms with Crippen LogP contribution in [0.2, 0.25) is 0 Å². The second kappa shape index (κ2) is 6.48. The minimum Gasteiger partial charge on any atom is -0.481 e. The van der Waals surface area contributed by atoms with Gasteiger partial charge in [0.2, 0.25) is 0 Å². The van der Waals surface area contributed by atoms with Crippen LogP contribution >= 0.6 is 0 Å². The molecule has 4 heteroatoms. The first kappa shape index (κ1) is 13.0. The molecule has 0 saturated carbocycles. The molecule has 1 rings (SSSR count). The number of rotatable bonds is 5. The summed E-state index contributed by atoms with van der Waals surface area (Å²) < 4.78 is 4.58. The summed E-state index contributed by atoms with van der Waals surface area (Å²) in [6, 6.07) is 6.90. The molecule has 90 valence electrons. The van der Waals surface area contributed by atoms with E-state index in [9.17, 15) is 9.59 Å². The monoisotopic (exact) mass is 234 g/mol. The van der Waals surface area contributed by atoms with E-state index in [0.717, 1.165) is 5.56 Å². The van der Waals surface area contributed by atoms with Crippen molar-refractivity contribution in [2.24, 2.45) is 0 Å². The highest BCUT2D eigenvalue weighted by Crippen LogP contribution is 2.08. The molecule has 0 bridgehead atoms. The molecule has 0 aliphatic rings. The Kier molecular flexibility index (Phi) is 4.94. The Bertz CT molecular complexity index is 418. The lowest BCUT2D eigenvalue weighted by molar-refractivity contribution is -0.136. The maximum Gasteiger partial charge on any atom is 0.337 e. The molecule has 0 unspecified atom stereocenters. The number of ether oxygens (including phenoxy) is 1. The standard InChI is InChI=1S/C13H14O4/c1-17-13(16)11-8-6-10(7-9-11)4-2-3-5-12(14)15/h2,4,6-9H,3,5H2,1H3,(H,14,15)/b4-2+. The number of carboxylic acids is 1. The summed E-state index contributed by atoms with van der Waals surface area (Å²) >= 11 is 0. The first-order valence-corrected chi connectivity index (χ1v) is 5.20. The van der Waals surface area contributed by atoms with Gasteiger partial charge in [0.1, 0.15) is 0 Å². The summed E-state index contributed by atoms with van der Waals surface area (Å²) in [5.74, 6) is -1.18. The second-order valence-corrected chi connectivity index (χ2v) is 3.45. The number of benzene rings is 1. The van der Waals surface area contributed by atoms with Crippen LogP contribution in [0.25, 0.3) is 6.08 Å². The Morgan fingerprint density at radius 3 is 2.47 bits per heavy atom. The third kappa shape index (κ3) is 4.51. The summed E-state index contributed by atoms with van der Waals surface area (Å²) in [7, 11) is 1.34. The Morgan fingerprint density at radius 2 is 1.94 bits per heavy atom. The third-order valence-electron chi connectivity index (χ3n) is 2.17. The number of allylic oxidation sites excluding steroid dienone is 1. The fraction of sp³-hybridized carbons (Fsp3) is 0.231. The van der Waals surface area contributed by atoms with Gasteiger partial charge in [0, 0.05) is 6.42 Å². The summed E-state index contributed by atoms with van der Waals surface area (Å²) in [4.78, 5) is 21.4. The second-order valence-electron chi connectivity index (χ2n) is 3.45. The summed E-state index contributed by atoms with van der Waals surface area (Å²) in [6.45, 7) is 0. The van der Waals surface area contributed by atoms with Crippen molar-refractivity contribution in [1.82, 2.24) is 0 Å². The van der Waals surface area contributed by atoms with E-state index in [1.54, 1.807) is 30.3 Å². The molecule has 4 nitrogen and oxygen atoms in total. The number of hydrogen-bond donors (Lipinski definition) is 1. The lowest BCUT2D eigenvalue weighted by Crippen LogP contribution is -2.00. The molecule has 0 heterocycles. The first-order valence-electron chi connectivity index (χ1n) is 5.20. The summed E-state index contributed by atoms with van der Waals surface area (Å²) in [5.41, 5.74) is 1.42. The highest BCUT2D eigenvalue weighted by atomic mass is 16.5. The molecule has 0 aliphatic heterocycles. The van der Waals surface area contributed by atoms with E-state index in [0.29, 0.717) is 12.0 Å². The average Bonchev–Trinajstić information content (AvgIpc) is 2.34. The molecule has 0 saturated heterocycles. The van der Waals surface area contributed by atoms with Gasteiger partial charge in [-0.15, -0.1) is 0 Å². The average molecular weight is 234 g/mol. The molecule has 1 N–H and O–H groups in total. The van der Waals surface area contributed by atoms with E-state index in [1.165, 1.54) is 7.11 Å². The Morgan fingerprint density at radius 1 is 1.29 bits per heavy atom. The molecule has 17 heavy (non-hydrogen) atoms. The number of carboxylic acid groups (broad SMARTS) is 1. The van der Waals surface area contributed by atoms with Crippen LogP contribution in [-0.2, 0) is 9.53 Å². The molecule has 0 aliphatic carbocycles. The molecule has 0 spiro atoms. The SMILES string of the molecule is COC(=O)c1ccc(/C=C/CCC(=O)O)cc1. The molecule has 0 fully saturated rings. The Balaban J connectivity index is 2.56. The number of esters is 1. The topological polar surface area (TPSA) is 63.6 Å². The van der Waals surface area contributed by atoms with Gasteiger partial charge in [-0.2, -0.15) is 0 Å². The van der Waals surface area contributed by atoms with Gasteiger partial charge in [-0.05, 0) is 24.1 Å². The highest BCUT2D eigenvalue weighted by Gasteiger charge is 2.02. The van der Waals surface area contributed by atoms with Gasteiger partial charge in [0.05, 0.1) is 12.7 Å². The summed E-state index contributed by atoms with van der Waals surface area (Å²) in [6.07, 6.45) is 4.23. The fourth-order valence-electron chi connectivity index (χ4n) is 1.27. The number of aliphatic carboxylic acids is 1. The number of hydrogen-bond acceptors (Lipinski definition) is 3. The zero-order valence-corrected chi connectivity index (χ0v) is 9.55. The smallest absolute Gasteiger partial charge is 0.337 e. The predicted molar refractivity (Wildman–Crippen MR) is 63.7 cm³/mol. The normalized spacial score (nSPS) is 10.4. The van der Waals surface area contributed by atoms with Gasteiger partial charge in [-0.1, -0.05) is 24.3 Å². The molecular weight excluding hydrogens is 220 g/mol. The number of methoxy groups -OCH3 is 1. The maximum atomic E-state index is 11.2. The van der Waals surface area contributed by atoms with Gasteiger partial charge in [-0.25, -0.2) is 4.79 Å². The highest BCUT2D eigenvalue weighted by molar-refractivity contribution is 5.89. The van der Waals surface area contributed by atoms with Crippen LogP contribution < -0.4 is 0 Å². The molecule has 0 atom stereocenters. The van der Waals surface area contributed by atoms with E-state index in [4.69, 9.17) is 5.11 Å². The van der Waals surface area contributed by atoms with E-state index >= 15 is 0 Å². The van der Waals surface area contributed by atoms with Crippen molar-refractivity contribution in [2.45, 2.75) is 12.8 Å². The van der Waals surface area contributed by atoms with Crippen molar-refractivity contribution in [3.05, 3.63) is 41.5 Å². The van der Waals surface area contributed by atoms with Gasteiger partial charge in [0.15, 0.2) is 0 Å². The number of carbonyl (C=O) groups is 2. The van der Waals surface area contributed by atoms with E-state index in [1.807, 2.05) is 6.08 Å². The van der Waals surface area contributed by atoms with Crippen molar-refractivity contribution in [3.8, 4) is 0 Å². The van der Waals surface area contributed by atoms with Crippen LogP contribution in [0, 0.1) is 0 Å². The fourth-order valence-corrected chi connectivity index (χ4v) is 1.27.